The molecule has 0 saturated heterocycles. The number of nitrogens with one attached hydrogen (secondary N) is 1. The fourth-order valence-corrected chi connectivity index (χ4v) is 1.47. The molecule has 1 aromatic heterocycles. The van der Waals surface area contributed by atoms with Crippen molar-refractivity contribution in [1.82, 2.24) is 10.2 Å². The van der Waals surface area contributed by atoms with Crippen LogP contribution in [0.3, 0.4) is 0 Å². The number of ether oxygens (including phenoxy) is 1. The van der Waals surface area contributed by atoms with E-state index in [1.807, 2.05) is 0 Å². The summed E-state index contributed by atoms with van der Waals surface area (Å²) >= 11 is 11.3. The quantitative estimate of drug-likeness (QED) is 0.942. The second kappa shape index (κ2) is 6.36. The van der Waals surface area contributed by atoms with E-state index in [-0.39, 0.29) is 17.7 Å². The number of hydrogen-bond donors (Lipinski definition) is 1. The van der Waals surface area contributed by atoms with E-state index in [2.05, 4.69) is 15.5 Å². The summed E-state index contributed by atoms with van der Waals surface area (Å²) in [6.45, 7) is -0.133. The first kappa shape index (κ1) is 13.6. The third-order valence-electron chi connectivity index (χ3n) is 2.08. The summed E-state index contributed by atoms with van der Waals surface area (Å²) in [5.74, 6) is 0.530. The van der Waals surface area contributed by atoms with Crippen LogP contribution in [0.5, 0.6) is 5.75 Å². The van der Waals surface area contributed by atoms with Gasteiger partial charge in [-0.15, -0.1) is 10.2 Å². The Morgan fingerprint density at radius 3 is 2.47 bits per heavy atom. The van der Waals surface area contributed by atoms with Gasteiger partial charge in [0.1, 0.15) is 5.75 Å². The van der Waals surface area contributed by atoms with Gasteiger partial charge in [0.05, 0.1) is 0 Å². The number of carbonyl (C=O) groups is 1. The van der Waals surface area contributed by atoms with Gasteiger partial charge < -0.3 is 10.1 Å². The number of anilines is 1. The van der Waals surface area contributed by atoms with E-state index in [4.69, 9.17) is 27.9 Å². The molecule has 1 heterocycles. The minimum absolute atomic E-state index is 0.133. The molecule has 98 valence electrons. The lowest BCUT2D eigenvalue weighted by Gasteiger charge is -2.06. The minimum atomic E-state index is -0.341. The van der Waals surface area contributed by atoms with Crippen molar-refractivity contribution in [3.8, 4) is 5.75 Å². The summed E-state index contributed by atoms with van der Waals surface area (Å²) in [4.78, 5) is 11.6. The zero-order valence-electron chi connectivity index (χ0n) is 9.64. The molecule has 2 rings (SSSR count). The fourth-order valence-electron chi connectivity index (χ4n) is 1.24. The van der Waals surface area contributed by atoms with E-state index in [1.54, 1.807) is 30.3 Å². The van der Waals surface area contributed by atoms with Crippen LogP contribution in [0.25, 0.3) is 0 Å². The Balaban J connectivity index is 1.84. The van der Waals surface area contributed by atoms with Crippen LogP contribution in [0.2, 0.25) is 10.2 Å². The Morgan fingerprint density at radius 2 is 1.84 bits per heavy atom. The summed E-state index contributed by atoms with van der Waals surface area (Å²) in [5.41, 5.74) is 0. The topological polar surface area (TPSA) is 64.1 Å². The molecule has 19 heavy (non-hydrogen) atoms. The minimum Gasteiger partial charge on any atom is -0.484 e. The van der Waals surface area contributed by atoms with Crippen LogP contribution in [0.15, 0.2) is 36.4 Å². The molecule has 0 aliphatic rings. The molecule has 0 aliphatic carbocycles. The molecule has 0 unspecified atom stereocenters. The highest BCUT2D eigenvalue weighted by atomic mass is 35.5. The summed E-state index contributed by atoms with van der Waals surface area (Å²) in [6, 6.07) is 9.80. The van der Waals surface area contributed by atoms with E-state index in [1.165, 1.54) is 6.07 Å². The van der Waals surface area contributed by atoms with Gasteiger partial charge in [0.2, 0.25) is 0 Å². The van der Waals surface area contributed by atoms with Gasteiger partial charge in [0, 0.05) is 5.02 Å². The van der Waals surface area contributed by atoms with E-state index >= 15 is 0 Å². The van der Waals surface area contributed by atoms with Gasteiger partial charge in [-0.2, -0.15) is 0 Å². The van der Waals surface area contributed by atoms with Crippen LogP contribution in [0.4, 0.5) is 5.82 Å². The molecule has 0 atom stereocenters. The van der Waals surface area contributed by atoms with Crippen LogP contribution in [0, 0.1) is 0 Å². The standard InChI is InChI=1S/C12H9Cl2N3O2/c13-8-1-3-9(4-2-8)19-7-12(18)15-11-6-5-10(14)16-17-11/h1-6H,7H2,(H,15,17,18). The number of carbonyl (C=O) groups excluding carboxylic acids is 1. The van der Waals surface area contributed by atoms with E-state index in [0.29, 0.717) is 16.6 Å². The molecule has 0 spiro atoms. The van der Waals surface area contributed by atoms with Crippen LogP contribution in [0.1, 0.15) is 0 Å². The maximum absolute atomic E-state index is 11.6. The Bertz CT molecular complexity index is 558. The van der Waals surface area contributed by atoms with Crippen LogP contribution < -0.4 is 10.1 Å². The molecule has 0 fully saturated rings. The van der Waals surface area contributed by atoms with Crippen molar-refractivity contribution in [2.75, 3.05) is 11.9 Å². The van der Waals surface area contributed by atoms with Gasteiger partial charge in [-0.05, 0) is 36.4 Å². The number of benzene rings is 1. The Labute approximate surface area is 119 Å². The SMILES string of the molecule is O=C(COc1ccc(Cl)cc1)Nc1ccc(Cl)nn1. The van der Waals surface area contributed by atoms with Gasteiger partial charge in [0.15, 0.2) is 17.6 Å². The summed E-state index contributed by atoms with van der Waals surface area (Å²) < 4.78 is 5.27. The third-order valence-corrected chi connectivity index (χ3v) is 2.54. The lowest BCUT2D eigenvalue weighted by molar-refractivity contribution is -0.118. The molecule has 0 aliphatic heterocycles. The van der Waals surface area contributed by atoms with Gasteiger partial charge in [-0.25, -0.2) is 0 Å². The smallest absolute Gasteiger partial charge is 0.263 e. The van der Waals surface area contributed by atoms with E-state index in [0.717, 1.165) is 0 Å². The van der Waals surface area contributed by atoms with E-state index in [9.17, 15) is 4.79 Å². The molecule has 7 heteroatoms. The average Bonchev–Trinajstić information content (AvgIpc) is 2.41. The first-order chi connectivity index (χ1) is 9.13. The van der Waals surface area contributed by atoms with E-state index < -0.39 is 0 Å². The summed E-state index contributed by atoms with van der Waals surface area (Å²) in [7, 11) is 0. The number of nitrogens with zero attached hydrogens (tertiary/aromatic N) is 2. The first-order valence-corrected chi connectivity index (χ1v) is 6.06. The lowest BCUT2D eigenvalue weighted by atomic mass is 10.3. The maximum atomic E-state index is 11.6. The number of hydrogen-bond acceptors (Lipinski definition) is 4. The third kappa shape index (κ3) is 4.39. The Morgan fingerprint density at radius 1 is 1.11 bits per heavy atom. The van der Waals surface area contributed by atoms with Crippen molar-refractivity contribution in [2.24, 2.45) is 0 Å². The van der Waals surface area contributed by atoms with Crippen molar-refractivity contribution in [1.29, 1.82) is 0 Å². The summed E-state index contributed by atoms with van der Waals surface area (Å²) in [6.07, 6.45) is 0. The highest BCUT2D eigenvalue weighted by Gasteiger charge is 2.05. The number of halogens is 2. The van der Waals surface area contributed by atoms with Crippen molar-refractivity contribution >= 4 is 34.9 Å². The van der Waals surface area contributed by atoms with Gasteiger partial charge >= 0.3 is 0 Å². The highest BCUT2D eigenvalue weighted by Crippen LogP contribution is 2.15. The lowest BCUT2D eigenvalue weighted by Crippen LogP contribution is -2.20. The zero-order chi connectivity index (χ0) is 13.7. The molecular weight excluding hydrogens is 289 g/mol. The van der Waals surface area contributed by atoms with Crippen molar-refractivity contribution in [2.45, 2.75) is 0 Å². The highest BCUT2D eigenvalue weighted by molar-refractivity contribution is 6.30. The van der Waals surface area contributed by atoms with Crippen LogP contribution in [-0.4, -0.2) is 22.7 Å². The van der Waals surface area contributed by atoms with Crippen LogP contribution in [-0.2, 0) is 4.79 Å². The molecule has 1 aromatic carbocycles. The Kier molecular flexibility index (Phi) is 4.54. The van der Waals surface area contributed by atoms with Gasteiger partial charge in [0.25, 0.3) is 5.91 Å². The average molecular weight is 298 g/mol. The van der Waals surface area contributed by atoms with Crippen molar-refractivity contribution in [3.05, 3.63) is 46.6 Å². The van der Waals surface area contributed by atoms with Gasteiger partial charge in [-0.1, -0.05) is 23.2 Å². The molecule has 0 saturated carbocycles. The monoisotopic (exact) mass is 297 g/mol. The molecule has 0 bridgehead atoms. The normalized spacial score (nSPS) is 10.0. The molecule has 1 amide bonds. The zero-order valence-corrected chi connectivity index (χ0v) is 11.1. The largest absolute Gasteiger partial charge is 0.484 e. The van der Waals surface area contributed by atoms with Gasteiger partial charge in [-0.3, -0.25) is 4.79 Å². The second-order valence-corrected chi connectivity index (χ2v) is 4.36. The fraction of sp³-hybridized carbons (Fsp3) is 0.0833. The maximum Gasteiger partial charge on any atom is 0.263 e. The number of amides is 1. The van der Waals surface area contributed by atoms with Crippen molar-refractivity contribution in [3.63, 3.8) is 0 Å². The van der Waals surface area contributed by atoms with Crippen LogP contribution >= 0.6 is 23.2 Å². The molecule has 5 nitrogen and oxygen atoms in total. The first-order valence-electron chi connectivity index (χ1n) is 5.31. The molecule has 2 aromatic rings. The number of aromatic nitrogens is 2. The summed E-state index contributed by atoms with van der Waals surface area (Å²) in [5, 5.41) is 10.7. The second-order valence-electron chi connectivity index (χ2n) is 3.53. The Hall–Kier alpha value is -1.85. The molecule has 0 radical (unpaired) electrons. The number of rotatable bonds is 4. The molecular formula is C12H9Cl2N3O2. The predicted octanol–water partition coefficient (Wildman–Crippen LogP) is 2.80. The predicted molar refractivity (Wildman–Crippen MR) is 72.6 cm³/mol. The molecule has 1 N–H and O–H groups in total. The van der Waals surface area contributed by atoms with Crippen molar-refractivity contribution < 1.29 is 9.53 Å².